The second-order valence-electron chi connectivity index (χ2n) is 4.99. The number of hydrogen-bond donors (Lipinski definition) is 1. The Bertz CT molecular complexity index is 707. The van der Waals surface area contributed by atoms with Gasteiger partial charge >= 0.3 is 0 Å². The molecule has 1 aromatic heterocycles. The third-order valence-corrected chi connectivity index (χ3v) is 5.26. The van der Waals surface area contributed by atoms with Gasteiger partial charge in [-0.2, -0.15) is 0 Å². The summed E-state index contributed by atoms with van der Waals surface area (Å²) >= 11 is 0. The van der Waals surface area contributed by atoms with E-state index in [0.717, 1.165) is 22.5 Å². The molecule has 0 unspecified atom stereocenters. The highest BCUT2D eigenvalue weighted by atomic mass is 32.2. The lowest BCUT2D eigenvalue weighted by Gasteiger charge is -2.18. The van der Waals surface area contributed by atoms with Crippen molar-refractivity contribution in [2.45, 2.75) is 25.8 Å². The van der Waals surface area contributed by atoms with Gasteiger partial charge in [-0.15, -0.1) is 0 Å². The predicted molar refractivity (Wildman–Crippen MR) is 81.9 cm³/mol. The molecule has 0 aliphatic heterocycles. The summed E-state index contributed by atoms with van der Waals surface area (Å²) in [5, 5.41) is 0. The number of nitrogens with zero attached hydrogens (tertiary/aromatic N) is 1. The van der Waals surface area contributed by atoms with Gasteiger partial charge in [-0.25, -0.2) is 12.7 Å². The van der Waals surface area contributed by atoms with E-state index in [1.807, 2.05) is 25.1 Å². The first-order valence-electron chi connectivity index (χ1n) is 6.68. The van der Waals surface area contributed by atoms with Gasteiger partial charge in [0.15, 0.2) is 0 Å². The van der Waals surface area contributed by atoms with Crippen molar-refractivity contribution in [1.29, 1.82) is 0 Å². The van der Waals surface area contributed by atoms with Gasteiger partial charge in [0.25, 0.3) is 0 Å². The molecule has 2 aromatic rings. The van der Waals surface area contributed by atoms with E-state index in [1.54, 1.807) is 25.4 Å². The first kappa shape index (κ1) is 15.8. The predicted octanol–water partition coefficient (Wildman–Crippen LogP) is 2.01. The molecule has 114 valence electrons. The number of hydrogen-bond acceptors (Lipinski definition) is 4. The van der Waals surface area contributed by atoms with Gasteiger partial charge in [0.1, 0.15) is 5.76 Å². The van der Waals surface area contributed by atoms with Gasteiger partial charge in [0, 0.05) is 25.7 Å². The number of benzene rings is 1. The number of furan rings is 1. The zero-order valence-electron chi connectivity index (χ0n) is 12.2. The lowest BCUT2D eigenvalue weighted by Crippen LogP contribution is -2.28. The van der Waals surface area contributed by atoms with Gasteiger partial charge in [-0.1, -0.05) is 24.3 Å². The standard InChI is InChI=1S/C15H20N2O3S/c1-12-14(7-8-20-12)10-17(2)21(18,19)11-15-6-4-3-5-13(15)9-16/h3-8H,9-11,16H2,1-2H3. The highest BCUT2D eigenvalue weighted by Crippen LogP contribution is 2.18. The Hall–Kier alpha value is -1.63. The average Bonchev–Trinajstić information content (AvgIpc) is 2.84. The van der Waals surface area contributed by atoms with Crippen LogP contribution in [-0.4, -0.2) is 19.8 Å². The number of rotatable bonds is 6. The van der Waals surface area contributed by atoms with Gasteiger partial charge in [0.2, 0.25) is 10.0 Å². The Morgan fingerprint density at radius 2 is 1.81 bits per heavy atom. The van der Waals surface area contributed by atoms with Crippen molar-refractivity contribution in [3.05, 3.63) is 59.0 Å². The van der Waals surface area contributed by atoms with Crippen molar-refractivity contribution >= 4 is 10.0 Å². The molecule has 0 aliphatic carbocycles. The summed E-state index contributed by atoms with van der Waals surface area (Å²) in [6.45, 7) is 2.45. The second-order valence-corrected chi connectivity index (χ2v) is 7.06. The van der Waals surface area contributed by atoms with E-state index >= 15 is 0 Å². The highest BCUT2D eigenvalue weighted by Gasteiger charge is 2.21. The van der Waals surface area contributed by atoms with E-state index in [1.165, 1.54) is 4.31 Å². The molecule has 0 amide bonds. The van der Waals surface area contributed by atoms with Crippen LogP contribution in [0.4, 0.5) is 0 Å². The van der Waals surface area contributed by atoms with Gasteiger partial charge < -0.3 is 10.2 Å². The zero-order valence-corrected chi connectivity index (χ0v) is 13.1. The smallest absolute Gasteiger partial charge is 0.218 e. The highest BCUT2D eigenvalue weighted by molar-refractivity contribution is 7.88. The fraction of sp³-hybridized carbons (Fsp3) is 0.333. The number of nitrogens with two attached hydrogens (primary N) is 1. The summed E-state index contributed by atoms with van der Waals surface area (Å²) in [5.41, 5.74) is 8.12. The van der Waals surface area contributed by atoms with Gasteiger partial charge in [0.05, 0.1) is 12.0 Å². The molecule has 0 radical (unpaired) electrons. The number of aryl methyl sites for hydroxylation is 1. The van der Waals surface area contributed by atoms with Crippen LogP contribution >= 0.6 is 0 Å². The van der Waals surface area contributed by atoms with E-state index in [-0.39, 0.29) is 5.75 Å². The molecule has 0 atom stereocenters. The lowest BCUT2D eigenvalue weighted by atomic mass is 10.1. The van der Waals surface area contributed by atoms with Crippen molar-refractivity contribution in [1.82, 2.24) is 4.31 Å². The molecule has 21 heavy (non-hydrogen) atoms. The Labute approximate surface area is 125 Å². The summed E-state index contributed by atoms with van der Waals surface area (Å²) in [7, 11) is -1.83. The second kappa shape index (κ2) is 6.43. The van der Waals surface area contributed by atoms with E-state index in [9.17, 15) is 8.42 Å². The Morgan fingerprint density at radius 1 is 1.14 bits per heavy atom. The normalized spacial score (nSPS) is 12.0. The molecular formula is C15H20N2O3S. The SMILES string of the molecule is Cc1occc1CN(C)S(=O)(=O)Cc1ccccc1CN. The minimum absolute atomic E-state index is 0.0478. The van der Waals surface area contributed by atoms with Crippen molar-refractivity contribution in [3.8, 4) is 0 Å². The van der Waals surface area contributed by atoms with Crippen LogP contribution in [0.2, 0.25) is 0 Å². The third kappa shape index (κ3) is 3.72. The quantitative estimate of drug-likeness (QED) is 0.885. The van der Waals surface area contributed by atoms with Crippen LogP contribution < -0.4 is 5.73 Å². The molecule has 0 aliphatic rings. The molecule has 1 aromatic carbocycles. The molecule has 0 saturated heterocycles. The summed E-state index contributed by atoms with van der Waals surface area (Å²) in [6, 6.07) is 9.12. The van der Waals surface area contributed by atoms with Crippen LogP contribution in [0, 0.1) is 6.92 Å². The van der Waals surface area contributed by atoms with Crippen molar-refractivity contribution < 1.29 is 12.8 Å². The number of sulfonamides is 1. The zero-order chi connectivity index (χ0) is 15.5. The molecule has 1 heterocycles. The maximum absolute atomic E-state index is 12.5. The minimum Gasteiger partial charge on any atom is -0.469 e. The first-order chi connectivity index (χ1) is 9.94. The molecular weight excluding hydrogens is 288 g/mol. The average molecular weight is 308 g/mol. The van der Waals surface area contributed by atoms with Crippen molar-refractivity contribution in [2.75, 3.05) is 7.05 Å². The summed E-state index contributed by atoms with van der Waals surface area (Å²) in [5.74, 6) is 0.688. The van der Waals surface area contributed by atoms with Crippen LogP contribution in [0.1, 0.15) is 22.5 Å². The Kier molecular flexibility index (Phi) is 4.82. The van der Waals surface area contributed by atoms with Crippen LogP contribution in [-0.2, 0) is 28.9 Å². The Balaban J connectivity index is 2.16. The summed E-state index contributed by atoms with van der Waals surface area (Å²) in [6.07, 6.45) is 1.56. The van der Waals surface area contributed by atoms with Crippen molar-refractivity contribution in [3.63, 3.8) is 0 Å². The third-order valence-electron chi connectivity index (χ3n) is 3.51. The fourth-order valence-electron chi connectivity index (χ4n) is 2.12. The summed E-state index contributed by atoms with van der Waals surface area (Å²) < 4.78 is 31.5. The minimum atomic E-state index is -3.40. The van der Waals surface area contributed by atoms with Crippen LogP contribution in [0.15, 0.2) is 41.0 Å². The molecule has 0 bridgehead atoms. The lowest BCUT2D eigenvalue weighted by molar-refractivity contribution is 0.458. The largest absolute Gasteiger partial charge is 0.469 e. The van der Waals surface area contributed by atoms with Crippen molar-refractivity contribution in [2.24, 2.45) is 5.73 Å². The molecule has 2 N–H and O–H groups in total. The molecule has 0 fully saturated rings. The van der Waals surface area contributed by atoms with Crippen LogP contribution in [0.3, 0.4) is 0 Å². The van der Waals surface area contributed by atoms with Gasteiger partial charge in [-0.05, 0) is 24.1 Å². The summed E-state index contributed by atoms with van der Waals surface area (Å²) in [4.78, 5) is 0. The van der Waals surface area contributed by atoms with E-state index < -0.39 is 10.0 Å². The van der Waals surface area contributed by atoms with E-state index in [4.69, 9.17) is 10.2 Å². The maximum atomic E-state index is 12.5. The van der Waals surface area contributed by atoms with Crippen LogP contribution in [0.5, 0.6) is 0 Å². The maximum Gasteiger partial charge on any atom is 0.218 e. The van der Waals surface area contributed by atoms with Gasteiger partial charge in [-0.3, -0.25) is 0 Å². The molecule has 0 spiro atoms. The molecule has 2 rings (SSSR count). The van der Waals surface area contributed by atoms with Crippen LogP contribution in [0.25, 0.3) is 0 Å². The monoisotopic (exact) mass is 308 g/mol. The molecule has 5 nitrogen and oxygen atoms in total. The first-order valence-corrected chi connectivity index (χ1v) is 8.29. The molecule has 0 saturated carbocycles. The van der Waals surface area contributed by atoms with E-state index in [0.29, 0.717) is 13.1 Å². The molecule has 6 heteroatoms. The topological polar surface area (TPSA) is 76.5 Å². The Morgan fingerprint density at radius 3 is 2.38 bits per heavy atom. The van der Waals surface area contributed by atoms with E-state index in [2.05, 4.69) is 0 Å². The fourth-order valence-corrected chi connectivity index (χ4v) is 3.35.